The van der Waals surface area contributed by atoms with Crippen molar-refractivity contribution in [2.75, 3.05) is 13.7 Å². The third-order valence-electron chi connectivity index (χ3n) is 7.80. The number of allylic oxidation sites excluding steroid dienone is 1. The van der Waals surface area contributed by atoms with Crippen LogP contribution < -0.4 is 0 Å². The highest BCUT2D eigenvalue weighted by molar-refractivity contribution is 5.77. The molecule has 142 valence electrons. The number of epoxide rings is 1. The van der Waals surface area contributed by atoms with Crippen LogP contribution in [0.3, 0.4) is 0 Å². The van der Waals surface area contributed by atoms with Gasteiger partial charge in [-0.1, -0.05) is 25.5 Å². The Kier molecular flexibility index (Phi) is 4.83. The second-order valence-corrected chi connectivity index (χ2v) is 9.21. The van der Waals surface area contributed by atoms with E-state index in [1.54, 1.807) is 0 Å². The lowest BCUT2D eigenvalue weighted by Gasteiger charge is -2.57. The number of carbonyl (C=O) groups excluding carboxylic acids is 1. The molecular weight excluding hydrogens is 316 g/mol. The minimum atomic E-state index is -0.381. The second kappa shape index (κ2) is 6.38. The molecule has 1 aliphatic heterocycles. The SMILES string of the molecule is C=C1CCC2C(C)(C(=O)OC)CCCC2(C)C1CCC1(C)OC1CO. The Morgan fingerprint density at radius 1 is 1.36 bits per heavy atom. The van der Waals surface area contributed by atoms with E-state index in [0.29, 0.717) is 11.8 Å². The second-order valence-electron chi connectivity index (χ2n) is 9.21. The molecule has 2 saturated carbocycles. The van der Waals surface area contributed by atoms with Gasteiger partial charge in [0, 0.05) is 0 Å². The number of fused-ring (bicyclic) bond motifs is 1. The number of methoxy groups -OCH3 is 1. The van der Waals surface area contributed by atoms with Gasteiger partial charge in [-0.3, -0.25) is 4.79 Å². The lowest BCUT2D eigenvalue weighted by molar-refractivity contribution is -0.168. The summed E-state index contributed by atoms with van der Waals surface area (Å²) in [4.78, 5) is 12.6. The van der Waals surface area contributed by atoms with Crippen LogP contribution in [0.25, 0.3) is 0 Å². The quantitative estimate of drug-likeness (QED) is 0.464. The van der Waals surface area contributed by atoms with Crippen LogP contribution in [0, 0.1) is 22.7 Å². The number of aliphatic hydroxyl groups excluding tert-OH is 1. The van der Waals surface area contributed by atoms with Crippen molar-refractivity contribution in [3.8, 4) is 0 Å². The lowest BCUT2D eigenvalue weighted by atomic mass is 9.46. The Labute approximate surface area is 152 Å². The first kappa shape index (κ1) is 18.9. The van der Waals surface area contributed by atoms with Crippen molar-refractivity contribution in [1.29, 1.82) is 0 Å². The molecule has 0 amide bonds. The van der Waals surface area contributed by atoms with E-state index in [1.807, 2.05) is 0 Å². The van der Waals surface area contributed by atoms with Gasteiger partial charge in [-0.2, -0.15) is 0 Å². The minimum Gasteiger partial charge on any atom is -0.469 e. The van der Waals surface area contributed by atoms with Crippen LogP contribution in [0.5, 0.6) is 0 Å². The molecule has 2 aliphatic carbocycles. The van der Waals surface area contributed by atoms with E-state index < -0.39 is 0 Å². The van der Waals surface area contributed by atoms with Gasteiger partial charge in [0.25, 0.3) is 0 Å². The van der Waals surface area contributed by atoms with Crippen molar-refractivity contribution in [1.82, 2.24) is 0 Å². The standard InChI is InChI=1S/C21H34O4/c1-14-7-8-16-19(2,10-6-11-20(16,3)18(23)24-5)15(14)9-12-21(4)17(13-22)25-21/h15-17,22H,1,6-13H2,2-5H3. The first-order chi connectivity index (χ1) is 11.7. The van der Waals surface area contributed by atoms with Crippen LogP contribution in [0.4, 0.5) is 0 Å². The van der Waals surface area contributed by atoms with E-state index in [9.17, 15) is 9.90 Å². The molecule has 3 aliphatic rings. The number of hydrogen-bond donors (Lipinski definition) is 1. The fraction of sp³-hybridized carbons (Fsp3) is 0.857. The maximum Gasteiger partial charge on any atom is 0.311 e. The third kappa shape index (κ3) is 2.95. The number of ether oxygens (including phenoxy) is 2. The fourth-order valence-electron chi connectivity index (χ4n) is 6.13. The van der Waals surface area contributed by atoms with E-state index in [0.717, 1.165) is 44.9 Å². The Morgan fingerprint density at radius 3 is 2.68 bits per heavy atom. The number of rotatable bonds is 5. The normalized spacial score (nSPS) is 46.4. The summed E-state index contributed by atoms with van der Waals surface area (Å²) < 4.78 is 10.9. The van der Waals surface area contributed by atoms with Gasteiger partial charge in [0.2, 0.25) is 0 Å². The Bertz CT molecular complexity index is 558. The van der Waals surface area contributed by atoms with Gasteiger partial charge in [0.15, 0.2) is 0 Å². The molecule has 1 heterocycles. The number of carbonyl (C=O) groups is 1. The monoisotopic (exact) mass is 350 g/mol. The van der Waals surface area contributed by atoms with Gasteiger partial charge < -0.3 is 14.6 Å². The maximum absolute atomic E-state index is 12.6. The molecule has 4 heteroatoms. The highest BCUT2D eigenvalue weighted by atomic mass is 16.6. The Balaban J connectivity index is 1.81. The van der Waals surface area contributed by atoms with E-state index >= 15 is 0 Å². The number of aliphatic hydroxyl groups is 1. The van der Waals surface area contributed by atoms with Crippen LogP contribution in [0.15, 0.2) is 12.2 Å². The average molecular weight is 350 g/mol. The summed E-state index contributed by atoms with van der Waals surface area (Å²) in [6, 6.07) is 0. The van der Waals surface area contributed by atoms with Gasteiger partial charge in [-0.15, -0.1) is 0 Å². The van der Waals surface area contributed by atoms with Crippen molar-refractivity contribution in [3.05, 3.63) is 12.2 Å². The highest BCUT2D eigenvalue weighted by Crippen LogP contribution is 2.62. The van der Waals surface area contributed by atoms with Gasteiger partial charge in [-0.25, -0.2) is 0 Å². The van der Waals surface area contributed by atoms with E-state index in [2.05, 4.69) is 27.4 Å². The lowest BCUT2D eigenvalue weighted by Crippen LogP contribution is -2.53. The summed E-state index contributed by atoms with van der Waals surface area (Å²) in [6.07, 6.45) is 7.12. The molecular formula is C21H34O4. The van der Waals surface area contributed by atoms with Crippen LogP contribution in [0.2, 0.25) is 0 Å². The summed E-state index contributed by atoms with van der Waals surface area (Å²) in [5.74, 6) is 0.710. The fourth-order valence-corrected chi connectivity index (χ4v) is 6.13. The minimum absolute atomic E-state index is 0.0142. The van der Waals surface area contributed by atoms with Crippen molar-refractivity contribution in [2.45, 2.75) is 77.4 Å². The van der Waals surface area contributed by atoms with Crippen LogP contribution in [0.1, 0.15) is 65.7 Å². The zero-order valence-corrected chi connectivity index (χ0v) is 16.3. The largest absolute Gasteiger partial charge is 0.469 e. The molecule has 0 bridgehead atoms. The van der Waals surface area contributed by atoms with Crippen molar-refractivity contribution in [2.24, 2.45) is 22.7 Å². The predicted molar refractivity (Wildman–Crippen MR) is 97.0 cm³/mol. The Morgan fingerprint density at radius 2 is 2.08 bits per heavy atom. The molecule has 6 atom stereocenters. The van der Waals surface area contributed by atoms with Crippen LogP contribution in [-0.4, -0.2) is 36.5 Å². The van der Waals surface area contributed by atoms with Gasteiger partial charge in [0.1, 0.15) is 6.10 Å². The molecule has 1 N–H and O–H groups in total. The summed E-state index contributed by atoms with van der Waals surface area (Å²) in [5.41, 5.74) is 0.862. The zero-order valence-electron chi connectivity index (χ0n) is 16.3. The third-order valence-corrected chi connectivity index (χ3v) is 7.80. The summed E-state index contributed by atoms with van der Waals surface area (Å²) in [6.45, 7) is 11.1. The Hall–Kier alpha value is -0.870. The van der Waals surface area contributed by atoms with Gasteiger partial charge >= 0.3 is 5.97 Å². The van der Waals surface area contributed by atoms with Crippen molar-refractivity contribution < 1.29 is 19.4 Å². The first-order valence-corrected chi connectivity index (χ1v) is 9.76. The molecule has 1 saturated heterocycles. The van der Waals surface area contributed by atoms with E-state index in [-0.39, 0.29) is 35.1 Å². The zero-order chi connectivity index (χ0) is 18.5. The summed E-state index contributed by atoms with van der Waals surface area (Å²) >= 11 is 0. The van der Waals surface area contributed by atoms with Crippen LogP contribution in [-0.2, 0) is 14.3 Å². The van der Waals surface area contributed by atoms with Crippen LogP contribution >= 0.6 is 0 Å². The number of esters is 1. The molecule has 6 unspecified atom stereocenters. The summed E-state index contributed by atoms with van der Waals surface area (Å²) in [7, 11) is 1.51. The highest BCUT2D eigenvalue weighted by Gasteiger charge is 2.59. The molecule has 3 fully saturated rings. The van der Waals surface area contributed by atoms with E-state index in [1.165, 1.54) is 12.7 Å². The van der Waals surface area contributed by atoms with E-state index in [4.69, 9.17) is 9.47 Å². The molecule has 4 nitrogen and oxygen atoms in total. The van der Waals surface area contributed by atoms with Gasteiger partial charge in [-0.05, 0) is 69.6 Å². The van der Waals surface area contributed by atoms with Crippen molar-refractivity contribution in [3.63, 3.8) is 0 Å². The molecule has 25 heavy (non-hydrogen) atoms. The summed E-state index contributed by atoms with van der Waals surface area (Å²) in [5, 5.41) is 9.33. The predicted octanol–water partition coefficient (Wildman–Crippen LogP) is 3.87. The molecule has 0 aromatic heterocycles. The topological polar surface area (TPSA) is 59.1 Å². The molecule has 3 rings (SSSR count). The molecule has 0 spiro atoms. The first-order valence-electron chi connectivity index (χ1n) is 9.76. The molecule has 0 radical (unpaired) electrons. The smallest absolute Gasteiger partial charge is 0.311 e. The maximum atomic E-state index is 12.6. The average Bonchev–Trinajstić information content (AvgIpc) is 3.23. The number of hydrogen-bond acceptors (Lipinski definition) is 4. The molecule has 0 aromatic carbocycles. The van der Waals surface area contributed by atoms with Crippen molar-refractivity contribution >= 4 is 5.97 Å². The van der Waals surface area contributed by atoms with Gasteiger partial charge in [0.05, 0.1) is 24.7 Å². The molecule has 0 aromatic rings.